The van der Waals surface area contributed by atoms with Crippen LogP contribution in [0.4, 0.5) is 13.2 Å². The van der Waals surface area contributed by atoms with Crippen LogP contribution in [-0.2, 0) is 43.2 Å². The molecule has 0 aromatic heterocycles. The molecule has 4 atom stereocenters. The van der Waals surface area contributed by atoms with Crippen LogP contribution in [0.1, 0.15) is 38.5 Å². The summed E-state index contributed by atoms with van der Waals surface area (Å²) < 4.78 is 31.7. The molecule has 1 fully saturated rings. The van der Waals surface area contributed by atoms with Crippen molar-refractivity contribution in [3.05, 3.63) is 0 Å². The molecule has 282 valence electrons. The van der Waals surface area contributed by atoms with Crippen molar-refractivity contribution < 1.29 is 71.6 Å². The van der Waals surface area contributed by atoms with Crippen LogP contribution in [0.15, 0.2) is 4.99 Å². The summed E-state index contributed by atoms with van der Waals surface area (Å²) in [7, 11) is 0. The summed E-state index contributed by atoms with van der Waals surface area (Å²) in [4.78, 5) is 111. The number of aliphatic imine (C=N–C) groups is 1. The van der Waals surface area contributed by atoms with Gasteiger partial charge in [-0.25, -0.2) is 9.59 Å². The Hall–Kier alpha value is -5.75. The number of carboxylic acid groups (broad SMARTS) is 3. The number of primary amides is 1. The lowest BCUT2D eigenvalue weighted by Gasteiger charge is -2.28. The fraction of sp³-hybridized carbons (Fsp3) is 0.600. The number of carboxylic acids is 3. The average Bonchev–Trinajstić information content (AvgIpc) is 3.50. The molecule has 0 saturated carbocycles. The van der Waals surface area contributed by atoms with Crippen LogP contribution in [0, 0.1) is 0 Å². The molecule has 22 nitrogen and oxygen atoms in total. The first kappa shape index (κ1) is 44.2. The number of rotatable bonds is 18. The molecule has 50 heavy (non-hydrogen) atoms. The van der Waals surface area contributed by atoms with Crippen LogP contribution in [0.25, 0.3) is 0 Å². The molecule has 25 heteroatoms. The van der Waals surface area contributed by atoms with Gasteiger partial charge in [0, 0.05) is 13.1 Å². The Labute approximate surface area is 280 Å². The van der Waals surface area contributed by atoms with Gasteiger partial charge in [0.25, 0.3) is 0 Å². The van der Waals surface area contributed by atoms with E-state index in [4.69, 9.17) is 32.8 Å². The van der Waals surface area contributed by atoms with Gasteiger partial charge in [-0.3, -0.25) is 38.6 Å². The van der Waals surface area contributed by atoms with Crippen LogP contribution in [-0.4, -0.2) is 136 Å². The summed E-state index contributed by atoms with van der Waals surface area (Å²) in [6, 6.07) is -5.73. The summed E-state index contributed by atoms with van der Waals surface area (Å²) in [5.41, 5.74) is 20.9. The van der Waals surface area contributed by atoms with Crippen LogP contribution in [0.5, 0.6) is 0 Å². The van der Waals surface area contributed by atoms with E-state index in [9.17, 15) is 61.7 Å². The zero-order chi connectivity index (χ0) is 38.8. The molecule has 0 radical (unpaired) electrons. The fourth-order valence-corrected chi connectivity index (χ4v) is 4.11. The number of likely N-dealkylation sites (tertiary alicyclic amines) is 1. The molecule has 0 aliphatic carbocycles. The van der Waals surface area contributed by atoms with Gasteiger partial charge >= 0.3 is 24.1 Å². The van der Waals surface area contributed by atoms with Gasteiger partial charge < -0.3 is 64.4 Å². The van der Waals surface area contributed by atoms with E-state index in [0.717, 1.165) is 4.90 Å². The number of guanidine groups is 1. The summed E-state index contributed by atoms with van der Waals surface area (Å²) in [5, 5.41) is 34.6. The molecular formula is C25H39F3N10O12. The maximum atomic E-state index is 13.0. The number of halogens is 3. The number of nitrogens with one attached hydrogen (secondary N) is 4. The highest BCUT2D eigenvalue weighted by atomic mass is 19.4. The van der Waals surface area contributed by atoms with Crippen molar-refractivity contribution in [1.29, 1.82) is 0 Å². The Morgan fingerprint density at radius 1 is 0.840 bits per heavy atom. The lowest BCUT2D eigenvalue weighted by atomic mass is 10.1. The van der Waals surface area contributed by atoms with Gasteiger partial charge in [0.05, 0.1) is 25.9 Å². The Kier molecular flexibility index (Phi) is 18.8. The van der Waals surface area contributed by atoms with Gasteiger partial charge in [0.15, 0.2) is 5.96 Å². The number of amides is 6. The van der Waals surface area contributed by atoms with Gasteiger partial charge in [0.1, 0.15) is 24.2 Å². The number of carbonyl (C=O) groups is 9. The van der Waals surface area contributed by atoms with E-state index in [1.165, 1.54) is 0 Å². The summed E-state index contributed by atoms with van der Waals surface area (Å²) in [6.45, 7) is -0.983. The smallest absolute Gasteiger partial charge is 0.481 e. The molecule has 1 aliphatic heterocycles. The monoisotopic (exact) mass is 728 g/mol. The van der Waals surface area contributed by atoms with E-state index in [1.807, 2.05) is 0 Å². The molecule has 0 spiro atoms. The first-order valence-electron chi connectivity index (χ1n) is 14.4. The molecule has 0 aromatic carbocycles. The topological polar surface area (TPSA) is 382 Å². The van der Waals surface area contributed by atoms with E-state index in [2.05, 4.69) is 26.3 Å². The minimum atomic E-state index is -5.08. The second kappa shape index (κ2) is 21.3. The van der Waals surface area contributed by atoms with E-state index < -0.39 is 110 Å². The number of nitrogens with two attached hydrogens (primary N) is 4. The highest BCUT2D eigenvalue weighted by Gasteiger charge is 2.39. The summed E-state index contributed by atoms with van der Waals surface area (Å²) >= 11 is 0. The molecule has 15 N–H and O–H groups in total. The number of alkyl halides is 3. The number of hydrogen-bond donors (Lipinski definition) is 11. The van der Waals surface area contributed by atoms with Gasteiger partial charge in [-0.2, -0.15) is 13.2 Å². The molecule has 1 heterocycles. The molecule has 0 bridgehead atoms. The quantitative estimate of drug-likeness (QED) is 0.0356. The second-order valence-electron chi connectivity index (χ2n) is 10.3. The highest BCUT2D eigenvalue weighted by molar-refractivity contribution is 5.97. The fourth-order valence-electron chi connectivity index (χ4n) is 4.11. The molecule has 1 saturated heterocycles. The Morgan fingerprint density at radius 3 is 1.90 bits per heavy atom. The zero-order valence-corrected chi connectivity index (χ0v) is 26.2. The Bertz CT molecular complexity index is 1310. The molecular weight excluding hydrogens is 689 g/mol. The standard InChI is InChI=1S/C23H38N10O10.C2HF3O2/c24-9-16(35)30-11(3-1-5-28-23(26)27)19(39)29-10-17(36)31-12(8-18(37)38)20(40)32-13(7-15(25)34)21(41)33-6-2-4-14(33)22(42)43;3-2(4,5)1(6)7/h11-14H,1-10,24H2,(H2,25,34)(H,29,39)(H,30,35)(H,31,36)(H,32,40)(H,37,38)(H,42,43)(H4,26,27,28);(H,6,7). The minimum absolute atomic E-state index is 0.0386. The third-order valence-corrected chi connectivity index (χ3v) is 6.32. The van der Waals surface area contributed by atoms with Crippen LogP contribution in [0.3, 0.4) is 0 Å². The van der Waals surface area contributed by atoms with E-state index in [0.29, 0.717) is 6.42 Å². The van der Waals surface area contributed by atoms with Gasteiger partial charge in [0.2, 0.25) is 35.4 Å². The normalized spacial score (nSPS) is 15.4. The third-order valence-electron chi connectivity index (χ3n) is 6.32. The van der Waals surface area contributed by atoms with Gasteiger partial charge in [-0.05, 0) is 25.7 Å². The van der Waals surface area contributed by atoms with Gasteiger partial charge in [-0.15, -0.1) is 0 Å². The maximum absolute atomic E-state index is 13.0. The van der Waals surface area contributed by atoms with E-state index in [-0.39, 0.29) is 38.3 Å². The largest absolute Gasteiger partial charge is 0.490 e. The molecule has 6 amide bonds. The number of nitrogens with zero attached hydrogens (tertiary/aromatic N) is 2. The van der Waals surface area contributed by atoms with Crippen LogP contribution >= 0.6 is 0 Å². The maximum Gasteiger partial charge on any atom is 0.490 e. The van der Waals surface area contributed by atoms with Crippen molar-refractivity contribution in [2.24, 2.45) is 27.9 Å². The molecule has 0 aromatic rings. The van der Waals surface area contributed by atoms with E-state index in [1.54, 1.807) is 0 Å². The molecule has 1 rings (SSSR count). The van der Waals surface area contributed by atoms with Crippen LogP contribution < -0.4 is 44.2 Å². The van der Waals surface area contributed by atoms with Crippen molar-refractivity contribution in [3.8, 4) is 0 Å². The highest BCUT2D eigenvalue weighted by Crippen LogP contribution is 2.19. The van der Waals surface area contributed by atoms with Crippen molar-refractivity contribution >= 4 is 59.3 Å². The third kappa shape index (κ3) is 17.4. The number of carbonyl (C=O) groups excluding carboxylic acids is 6. The predicted molar refractivity (Wildman–Crippen MR) is 160 cm³/mol. The van der Waals surface area contributed by atoms with E-state index >= 15 is 0 Å². The molecule has 4 unspecified atom stereocenters. The van der Waals surface area contributed by atoms with Crippen molar-refractivity contribution in [2.75, 3.05) is 26.2 Å². The average molecular weight is 729 g/mol. The van der Waals surface area contributed by atoms with Crippen molar-refractivity contribution in [2.45, 2.75) is 68.9 Å². The summed E-state index contributed by atoms with van der Waals surface area (Å²) in [6.07, 6.45) is -5.93. The Balaban J connectivity index is 0.00000308. The van der Waals surface area contributed by atoms with Gasteiger partial charge in [-0.1, -0.05) is 0 Å². The number of aliphatic carboxylic acids is 3. The van der Waals surface area contributed by atoms with Crippen LogP contribution in [0.2, 0.25) is 0 Å². The molecule has 1 aliphatic rings. The first-order chi connectivity index (χ1) is 23.1. The summed E-state index contributed by atoms with van der Waals surface area (Å²) in [5.74, 6) is -11.3. The predicted octanol–water partition coefficient (Wildman–Crippen LogP) is -5.37. The number of hydrogen-bond acceptors (Lipinski definition) is 11. The Morgan fingerprint density at radius 2 is 1.42 bits per heavy atom. The second-order valence-corrected chi connectivity index (χ2v) is 10.3. The lowest BCUT2D eigenvalue weighted by molar-refractivity contribution is -0.192. The SMILES string of the molecule is NCC(=O)NC(CCCN=C(N)N)C(=O)NCC(=O)NC(CC(=O)O)C(=O)NC(CC(N)=O)C(=O)N1CCCC1C(=O)O.O=C(O)C(F)(F)F. The first-order valence-corrected chi connectivity index (χ1v) is 14.4. The zero-order valence-electron chi connectivity index (χ0n) is 26.2. The lowest BCUT2D eigenvalue weighted by Crippen LogP contribution is -2.57. The minimum Gasteiger partial charge on any atom is -0.481 e. The van der Waals surface area contributed by atoms with Crippen molar-refractivity contribution in [1.82, 2.24) is 26.2 Å². The van der Waals surface area contributed by atoms with Crippen molar-refractivity contribution in [3.63, 3.8) is 0 Å².